The molecule has 28 heavy (non-hydrogen) atoms. The van der Waals surface area contributed by atoms with Crippen molar-refractivity contribution in [1.29, 1.82) is 5.26 Å². The zero-order chi connectivity index (χ0) is 20.5. The number of nitriles is 1. The van der Waals surface area contributed by atoms with E-state index in [4.69, 9.17) is 4.74 Å². The standard InChI is InChI=1S/C20H20N2O5S/c1-3-27-16-6-4-14(5-7-16)10-17-13(2)18(11-21)20(24)22(19(17)23)15-8-9-28(25,26)12-15/h4-7,10,15H,3,8-9,12H2,1-2H3/b17-10+/t15-/m1/s1. The smallest absolute Gasteiger partial charge is 0.271 e. The lowest BCUT2D eigenvalue weighted by Gasteiger charge is -2.31. The number of carbonyl (C=O) groups is 2. The van der Waals surface area contributed by atoms with E-state index in [0.29, 0.717) is 23.5 Å². The van der Waals surface area contributed by atoms with Gasteiger partial charge in [-0.15, -0.1) is 0 Å². The first-order valence-corrected chi connectivity index (χ1v) is 10.7. The molecule has 146 valence electrons. The van der Waals surface area contributed by atoms with Gasteiger partial charge in [0.2, 0.25) is 0 Å². The third kappa shape index (κ3) is 3.71. The predicted octanol–water partition coefficient (Wildman–Crippen LogP) is 1.86. The molecule has 3 rings (SSSR count). The molecule has 1 saturated heterocycles. The fourth-order valence-corrected chi connectivity index (χ4v) is 5.10. The van der Waals surface area contributed by atoms with Crippen LogP contribution in [-0.4, -0.2) is 49.3 Å². The van der Waals surface area contributed by atoms with Gasteiger partial charge < -0.3 is 4.74 Å². The Hall–Kier alpha value is -2.92. The average Bonchev–Trinajstić information content (AvgIpc) is 3.00. The molecule has 8 heteroatoms. The highest BCUT2D eigenvalue weighted by Crippen LogP contribution is 2.31. The van der Waals surface area contributed by atoms with E-state index in [0.717, 1.165) is 4.90 Å². The highest BCUT2D eigenvalue weighted by molar-refractivity contribution is 7.91. The maximum atomic E-state index is 13.1. The van der Waals surface area contributed by atoms with Gasteiger partial charge in [0.15, 0.2) is 9.84 Å². The molecule has 0 aliphatic carbocycles. The number of hydrogen-bond donors (Lipinski definition) is 0. The minimum absolute atomic E-state index is 0.0722. The Kier molecular flexibility index (Phi) is 5.38. The van der Waals surface area contributed by atoms with Gasteiger partial charge in [0, 0.05) is 5.57 Å². The van der Waals surface area contributed by atoms with Crippen molar-refractivity contribution in [2.75, 3.05) is 18.1 Å². The van der Waals surface area contributed by atoms with Crippen LogP contribution in [0.3, 0.4) is 0 Å². The minimum atomic E-state index is -3.29. The molecule has 0 spiro atoms. The van der Waals surface area contributed by atoms with Crippen LogP contribution in [0.4, 0.5) is 0 Å². The van der Waals surface area contributed by atoms with Crippen LogP contribution in [0.5, 0.6) is 5.75 Å². The Morgan fingerprint density at radius 1 is 1.25 bits per heavy atom. The van der Waals surface area contributed by atoms with Crippen molar-refractivity contribution in [3.05, 3.63) is 46.5 Å². The van der Waals surface area contributed by atoms with Crippen molar-refractivity contribution in [3.63, 3.8) is 0 Å². The minimum Gasteiger partial charge on any atom is -0.494 e. The second-order valence-corrected chi connectivity index (χ2v) is 8.94. The van der Waals surface area contributed by atoms with Gasteiger partial charge in [-0.25, -0.2) is 8.42 Å². The molecular weight excluding hydrogens is 380 g/mol. The van der Waals surface area contributed by atoms with E-state index in [1.807, 2.05) is 13.0 Å². The van der Waals surface area contributed by atoms with Crippen molar-refractivity contribution in [2.24, 2.45) is 0 Å². The summed E-state index contributed by atoms with van der Waals surface area (Å²) in [5.41, 5.74) is 1.07. The normalized spacial score (nSPS) is 23.2. The molecule has 7 nitrogen and oxygen atoms in total. The van der Waals surface area contributed by atoms with Crippen molar-refractivity contribution < 1.29 is 22.7 Å². The number of nitrogens with zero attached hydrogens (tertiary/aromatic N) is 2. The maximum Gasteiger partial charge on any atom is 0.271 e. The topological polar surface area (TPSA) is 105 Å². The fourth-order valence-electron chi connectivity index (χ4n) is 3.40. The van der Waals surface area contributed by atoms with Crippen molar-refractivity contribution in [2.45, 2.75) is 26.3 Å². The molecule has 1 aromatic carbocycles. The number of sulfone groups is 1. The van der Waals surface area contributed by atoms with Gasteiger partial charge in [-0.3, -0.25) is 14.5 Å². The van der Waals surface area contributed by atoms with Crippen LogP contribution in [-0.2, 0) is 19.4 Å². The van der Waals surface area contributed by atoms with Crippen molar-refractivity contribution >= 4 is 27.7 Å². The molecule has 2 aliphatic rings. The van der Waals surface area contributed by atoms with Gasteiger partial charge in [0.1, 0.15) is 17.4 Å². The quantitative estimate of drug-likeness (QED) is 0.564. The van der Waals surface area contributed by atoms with E-state index in [1.165, 1.54) is 0 Å². The molecule has 2 heterocycles. The summed E-state index contributed by atoms with van der Waals surface area (Å²) in [6, 6.07) is 8.19. The van der Waals surface area contributed by atoms with Crippen LogP contribution in [0.25, 0.3) is 6.08 Å². The molecule has 0 unspecified atom stereocenters. The first kappa shape index (κ1) is 19.8. The molecular formula is C20H20N2O5S. The van der Waals surface area contributed by atoms with Crippen LogP contribution in [0.1, 0.15) is 25.8 Å². The number of imide groups is 1. The first-order valence-electron chi connectivity index (χ1n) is 8.91. The zero-order valence-corrected chi connectivity index (χ0v) is 16.5. The predicted molar refractivity (Wildman–Crippen MR) is 103 cm³/mol. The van der Waals surface area contributed by atoms with Gasteiger partial charge in [0.05, 0.1) is 24.2 Å². The second kappa shape index (κ2) is 7.60. The molecule has 0 aromatic heterocycles. The van der Waals surface area contributed by atoms with Gasteiger partial charge >= 0.3 is 0 Å². The van der Waals surface area contributed by atoms with E-state index in [1.54, 1.807) is 37.3 Å². The Bertz CT molecular complexity index is 1030. The van der Waals surface area contributed by atoms with Gasteiger partial charge in [-0.2, -0.15) is 5.26 Å². The SMILES string of the molecule is CCOc1ccc(/C=C2/C(=O)N([C@@H]3CCS(=O)(=O)C3)C(=O)C(C#N)=C2C)cc1. The molecule has 1 atom stereocenters. The molecule has 0 bridgehead atoms. The Balaban J connectivity index is 2.02. The summed E-state index contributed by atoms with van der Waals surface area (Å²) < 4.78 is 29.0. The number of benzene rings is 1. The highest BCUT2D eigenvalue weighted by Gasteiger charge is 2.43. The van der Waals surface area contributed by atoms with Crippen LogP contribution < -0.4 is 4.74 Å². The van der Waals surface area contributed by atoms with Crippen LogP contribution in [0.15, 0.2) is 41.0 Å². The lowest BCUT2D eigenvalue weighted by molar-refractivity contribution is -0.142. The van der Waals surface area contributed by atoms with Crippen LogP contribution >= 0.6 is 0 Å². The van der Waals surface area contributed by atoms with Crippen LogP contribution in [0, 0.1) is 11.3 Å². The summed E-state index contributed by atoms with van der Waals surface area (Å²) in [6.45, 7) is 3.97. The number of carbonyl (C=O) groups excluding carboxylic acids is 2. The van der Waals surface area contributed by atoms with E-state index in [-0.39, 0.29) is 29.1 Å². The van der Waals surface area contributed by atoms with E-state index >= 15 is 0 Å². The van der Waals surface area contributed by atoms with Crippen molar-refractivity contribution in [1.82, 2.24) is 4.90 Å². The molecule has 1 aromatic rings. The van der Waals surface area contributed by atoms with E-state index in [2.05, 4.69) is 0 Å². The lowest BCUT2D eigenvalue weighted by Crippen LogP contribution is -2.49. The largest absolute Gasteiger partial charge is 0.494 e. The van der Waals surface area contributed by atoms with Crippen LogP contribution in [0.2, 0.25) is 0 Å². The Labute approximate surface area is 163 Å². The van der Waals surface area contributed by atoms with Crippen molar-refractivity contribution in [3.8, 4) is 11.8 Å². The lowest BCUT2D eigenvalue weighted by atomic mass is 9.92. The van der Waals surface area contributed by atoms with Gasteiger partial charge in [-0.05, 0) is 49.6 Å². The third-order valence-electron chi connectivity index (χ3n) is 4.85. The molecule has 0 radical (unpaired) electrons. The third-order valence-corrected chi connectivity index (χ3v) is 6.60. The Morgan fingerprint density at radius 3 is 2.46 bits per heavy atom. The second-order valence-electron chi connectivity index (χ2n) is 6.71. The first-order chi connectivity index (χ1) is 13.3. The number of hydrogen-bond acceptors (Lipinski definition) is 6. The zero-order valence-electron chi connectivity index (χ0n) is 15.6. The summed E-state index contributed by atoms with van der Waals surface area (Å²) in [5.74, 6) is -0.943. The number of amides is 2. The summed E-state index contributed by atoms with van der Waals surface area (Å²) in [6.07, 6.45) is 1.79. The number of ether oxygens (including phenoxy) is 1. The highest BCUT2D eigenvalue weighted by atomic mass is 32.2. The van der Waals surface area contributed by atoms with E-state index in [9.17, 15) is 23.3 Å². The van der Waals surface area contributed by atoms with Gasteiger partial charge in [0.25, 0.3) is 11.8 Å². The summed E-state index contributed by atoms with van der Waals surface area (Å²) >= 11 is 0. The number of rotatable bonds is 4. The molecule has 2 amide bonds. The Morgan fingerprint density at radius 2 is 1.93 bits per heavy atom. The molecule has 0 saturated carbocycles. The van der Waals surface area contributed by atoms with E-state index < -0.39 is 27.7 Å². The van der Waals surface area contributed by atoms with Gasteiger partial charge in [-0.1, -0.05) is 12.1 Å². The monoisotopic (exact) mass is 400 g/mol. The summed E-state index contributed by atoms with van der Waals surface area (Å²) in [5, 5.41) is 9.43. The summed E-state index contributed by atoms with van der Waals surface area (Å²) in [7, 11) is -3.29. The fraction of sp³-hybridized carbons (Fsp3) is 0.350. The molecule has 1 fully saturated rings. The molecule has 2 aliphatic heterocycles. The molecule has 0 N–H and O–H groups in total. The summed E-state index contributed by atoms with van der Waals surface area (Å²) in [4.78, 5) is 26.7. The maximum absolute atomic E-state index is 13.1. The average molecular weight is 400 g/mol.